The topological polar surface area (TPSA) is 86.8 Å². The number of sulfonamides is 1. The molecule has 0 aliphatic heterocycles. The highest BCUT2D eigenvalue weighted by atomic mass is 32.2. The number of carbonyl (C=O) groups excluding carboxylic acids is 2. The van der Waals surface area contributed by atoms with E-state index in [0.717, 1.165) is 64.7 Å². The molecule has 0 aromatic heterocycles. The number of benzene rings is 4. The van der Waals surface area contributed by atoms with Crippen molar-refractivity contribution in [3.8, 4) is 0 Å². The Morgan fingerprint density at radius 1 is 0.809 bits per heavy atom. The first-order valence-electron chi connectivity index (χ1n) is 16.1. The predicted octanol–water partition coefficient (Wildman–Crippen LogP) is 6.73. The zero-order chi connectivity index (χ0) is 33.4. The number of amides is 2. The number of anilines is 1. The van der Waals surface area contributed by atoms with Crippen LogP contribution in [0.2, 0.25) is 0 Å². The first kappa shape index (κ1) is 33.9. The first-order chi connectivity index (χ1) is 22.6. The summed E-state index contributed by atoms with van der Waals surface area (Å²) >= 11 is 0. The zero-order valence-electron chi connectivity index (χ0n) is 26.9. The van der Waals surface area contributed by atoms with E-state index in [0.29, 0.717) is 0 Å². The van der Waals surface area contributed by atoms with Crippen molar-refractivity contribution in [3.05, 3.63) is 131 Å². The minimum Gasteiger partial charge on any atom is -0.352 e. The molecule has 4 aromatic carbocycles. The lowest BCUT2D eigenvalue weighted by Crippen LogP contribution is -2.55. The molecule has 1 aliphatic carbocycles. The molecule has 1 aliphatic rings. The number of nitrogens with zero attached hydrogens (tertiary/aromatic N) is 2. The lowest BCUT2D eigenvalue weighted by Gasteiger charge is -2.35. The number of carbonyl (C=O) groups is 2. The molecule has 0 saturated heterocycles. The number of hydrogen-bond donors (Lipinski definition) is 1. The second-order valence-corrected chi connectivity index (χ2v) is 14.2. The Morgan fingerprint density at radius 2 is 1.47 bits per heavy atom. The van der Waals surface area contributed by atoms with Gasteiger partial charge in [-0.15, -0.1) is 0 Å². The summed E-state index contributed by atoms with van der Waals surface area (Å²) in [5.41, 5.74) is 3.24. The summed E-state index contributed by atoms with van der Waals surface area (Å²) in [6.45, 7) is 3.14. The fourth-order valence-corrected chi connectivity index (χ4v) is 7.53. The smallest absolute Gasteiger partial charge is 0.264 e. The van der Waals surface area contributed by atoms with Gasteiger partial charge in [0.1, 0.15) is 18.4 Å². The van der Waals surface area contributed by atoms with E-state index in [1.165, 1.54) is 35.2 Å². The van der Waals surface area contributed by atoms with Gasteiger partial charge in [0.25, 0.3) is 10.0 Å². The summed E-state index contributed by atoms with van der Waals surface area (Å²) in [5.74, 6) is -1.69. The molecule has 1 saturated carbocycles. The molecule has 1 N–H and O–H groups in total. The van der Waals surface area contributed by atoms with Crippen LogP contribution in [0.4, 0.5) is 10.1 Å². The second-order valence-electron chi connectivity index (χ2n) is 12.3. The fourth-order valence-electron chi connectivity index (χ4n) is 6.11. The lowest BCUT2D eigenvalue weighted by atomic mass is 9.94. The number of aryl methyl sites for hydroxylation is 2. The van der Waals surface area contributed by atoms with Gasteiger partial charge in [-0.2, -0.15) is 0 Å². The van der Waals surface area contributed by atoms with Crippen molar-refractivity contribution in [2.45, 2.75) is 75.9 Å². The number of rotatable bonds is 12. The zero-order valence-corrected chi connectivity index (χ0v) is 27.8. The number of nitrogens with one attached hydrogen (secondary N) is 1. The highest BCUT2D eigenvalue weighted by Gasteiger charge is 2.36. The summed E-state index contributed by atoms with van der Waals surface area (Å²) in [4.78, 5) is 30.2. The molecular formula is C38H42FN3O4S. The van der Waals surface area contributed by atoms with Crippen molar-refractivity contribution in [2.75, 3.05) is 10.8 Å². The van der Waals surface area contributed by atoms with Crippen LogP contribution in [0.15, 0.2) is 108 Å². The van der Waals surface area contributed by atoms with Gasteiger partial charge >= 0.3 is 0 Å². The van der Waals surface area contributed by atoms with E-state index in [1.54, 1.807) is 12.1 Å². The maximum absolute atomic E-state index is 15.3. The third-order valence-electron chi connectivity index (χ3n) is 8.67. The standard InChI is InChI=1S/C38H42FN3O4S/c1-28-20-22-33(23-21-28)47(45,46)42(35-19-10-9-18-34(35)39)27-37(43)41(26-31-15-11-12-29(2)24-31)36(25-30-13-5-3-6-14-30)38(44)40-32-16-7-4-8-17-32/h3,5-6,9-15,18-24,32,36H,4,7-8,16-17,25-27H2,1-2H3,(H,40,44)/t36-/m0/s1. The normalized spacial score (nSPS) is 14.3. The molecule has 1 atom stereocenters. The van der Waals surface area contributed by atoms with Crippen LogP contribution in [-0.2, 0) is 32.6 Å². The van der Waals surface area contributed by atoms with Crippen LogP contribution in [0.25, 0.3) is 0 Å². The van der Waals surface area contributed by atoms with Gasteiger partial charge in [-0.1, -0.05) is 109 Å². The fraction of sp³-hybridized carbons (Fsp3) is 0.316. The molecule has 0 bridgehead atoms. The maximum Gasteiger partial charge on any atom is 0.264 e. The summed E-state index contributed by atoms with van der Waals surface area (Å²) < 4.78 is 44.4. The molecule has 0 spiro atoms. The minimum atomic E-state index is -4.38. The maximum atomic E-state index is 15.3. The molecule has 2 amide bonds. The Balaban J connectivity index is 1.57. The SMILES string of the molecule is Cc1ccc(S(=O)(=O)N(CC(=O)N(Cc2cccc(C)c2)[C@@H](Cc2ccccc2)C(=O)NC2CCCCC2)c2ccccc2F)cc1. The lowest BCUT2D eigenvalue weighted by molar-refractivity contribution is -0.140. The summed E-state index contributed by atoms with van der Waals surface area (Å²) in [6, 6.07) is 27.9. The minimum absolute atomic E-state index is 0.00210. The van der Waals surface area contributed by atoms with Crippen LogP contribution in [0.5, 0.6) is 0 Å². The highest BCUT2D eigenvalue weighted by Crippen LogP contribution is 2.28. The summed E-state index contributed by atoms with van der Waals surface area (Å²) in [6.07, 6.45) is 5.13. The van der Waals surface area contributed by atoms with Crippen LogP contribution in [0, 0.1) is 19.7 Å². The van der Waals surface area contributed by atoms with Gasteiger partial charge in [0.2, 0.25) is 11.8 Å². The largest absolute Gasteiger partial charge is 0.352 e. The Hall–Kier alpha value is -4.50. The van der Waals surface area contributed by atoms with Crippen LogP contribution in [0.1, 0.15) is 54.4 Å². The molecule has 47 heavy (non-hydrogen) atoms. The van der Waals surface area contributed by atoms with Crippen molar-refractivity contribution in [2.24, 2.45) is 0 Å². The molecule has 9 heteroatoms. The monoisotopic (exact) mass is 655 g/mol. The van der Waals surface area contributed by atoms with Gasteiger partial charge in [0.15, 0.2) is 0 Å². The van der Waals surface area contributed by atoms with Gasteiger partial charge in [0.05, 0.1) is 10.6 Å². The average molecular weight is 656 g/mol. The average Bonchev–Trinajstić information content (AvgIpc) is 3.06. The van der Waals surface area contributed by atoms with Gasteiger partial charge in [0, 0.05) is 19.0 Å². The number of halogens is 1. The Bertz CT molecular complexity index is 1770. The van der Waals surface area contributed by atoms with Crippen molar-refractivity contribution in [1.82, 2.24) is 10.2 Å². The van der Waals surface area contributed by atoms with E-state index in [1.807, 2.05) is 68.4 Å². The predicted molar refractivity (Wildman–Crippen MR) is 183 cm³/mol. The van der Waals surface area contributed by atoms with Crippen LogP contribution >= 0.6 is 0 Å². The Morgan fingerprint density at radius 3 is 2.15 bits per heavy atom. The quantitative estimate of drug-likeness (QED) is 0.184. The van der Waals surface area contributed by atoms with E-state index >= 15 is 4.39 Å². The number of hydrogen-bond acceptors (Lipinski definition) is 4. The van der Waals surface area contributed by atoms with Gasteiger partial charge in [-0.05, 0) is 62.1 Å². The van der Waals surface area contributed by atoms with Crippen molar-refractivity contribution in [1.29, 1.82) is 0 Å². The Kier molecular flexibility index (Phi) is 11.1. The molecule has 4 aromatic rings. The second kappa shape index (κ2) is 15.4. The van der Waals surface area contributed by atoms with Crippen LogP contribution < -0.4 is 9.62 Å². The molecule has 0 heterocycles. The summed E-state index contributed by atoms with van der Waals surface area (Å²) in [5, 5.41) is 3.20. The van der Waals surface area contributed by atoms with Gasteiger partial charge < -0.3 is 10.2 Å². The molecule has 0 radical (unpaired) electrons. The Labute approximate surface area is 277 Å². The third kappa shape index (κ3) is 8.65. The van der Waals surface area contributed by atoms with E-state index in [9.17, 15) is 18.0 Å². The van der Waals surface area contributed by atoms with Crippen molar-refractivity contribution in [3.63, 3.8) is 0 Å². The number of para-hydroxylation sites is 1. The van der Waals surface area contributed by atoms with Crippen molar-refractivity contribution >= 4 is 27.5 Å². The first-order valence-corrected chi connectivity index (χ1v) is 17.6. The van der Waals surface area contributed by atoms with Crippen molar-refractivity contribution < 1.29 is 22.4 Å². The van der Waals surface area contributed by atoms with Gasteiger partial charge in [-0.3, -0.25) is 13.9 Å². The molecular weight excluding hydrogens is 614 g/mol. The van der Waals surface area contributed by atoms with E-state index in [2.05, 4.69) is 5.32 Å². The molecule has 246 valence electrons. The molecule has 0 unspecified atom stereocenters. The molecule has 7 nitrogen and oxygen atoms in total. The van der Waals surface area contributed by atoms with Crippen LogP contribution in [-0.4, -0.2) is 43.8 Å². The van der Waals surface area contributed by atoms with E-state index in [4.69, 9.17) is 0 Å². The van der Waals surface area contributed by atoms with E-state index < -0.39 is 34.3 Å². The van der Waals surface area contributed by atoms with E-state index in [-0.39, 0.29) is 35.5 Å². The van der Waals surface area contributed by atoms with Crippen LogP contribution in [0.3, 0.4) is 0 Å². The molecule has 5 rings (SSSR count). The molecule has 1 fully saturated rings. The third-order valence-corrected chi connectivity index (χ3v) is 10.4. The highest BCUT2D eigenvalue weighted by molar-refractivity contribution is 7.92. The van der Waals surface area contributed by atoms with Gasteiger partial charge in [-0.25, -0.2) is 12.8 Å². The summed E-state index contributed by atoms with van der Waals surface area (Å²) in [7, 11) is -4.38.